The van der Waals surface area contributed by atoms with Crippen molar-refractivity contribution in [3.63, 3.8) is 0 Å². The van der Waals surface area contributed by atoms with Crippen molar-refractivity contribution in [3.8, 4) is 0 Å². The summed E-state index contributed by atoms with van der Waals surface area (Å²) in [7, 11) is 1.36. The largest absolute Gasteiger partial charge is 0.468 e. The molecule has 0 rings (SSSR count). The van der Waals surface area contributed by atoms with E-state index < -0.39 is 6.04 Å². The van der Waals surface area contributed by atoms with Gasteiger partial charge in [0, 0.05) is 5.75 Å². The fourth-order valence-corrected chi connectivity index (χ4v) is 2.06. The van der Waals surface area contributed by atoms with Crippen LogP contribution in [0, 0.1) is 0 Å². The molecule has 0 radical (unpaired) electrons. The molecule has 0 bridgehead atoms. The van der Waals surface area contributed by atoms with Crippen LogP contribution in [0.3, 0.4) is 0 Å². The maximum atomic E-state index is 10.9. The number of carbonyl (C=O) groups is 1. The maximum Gasteiger partial charge on any atom is 0.323 e. The monoisotopic (exact) mass is 231 g/mol. The highest BCUT2D eigenvalue weighted by Gasteiger charge is 2.12. The lowest BCUT2D eigenvalue weighted by atomic mass is 10.2. The van der Waals surface area contributed by atoms with Gasteiger partial charge >= 0.3 is 5.97 Å². The van der Waals surface area contributed by atoms with Crippen LogP contribution in [-0.4, -0.2) is 30.6 Å². The van der Waals surface area contributed by atoms with E-state index >= 15 is 0 Å². The van der Waals surface area contributed by atoms with E-state index in [9.17, 15) is 4.79 Å². The fraction of sp³-hybridized carbons (Fsp3) is 0.727. The lowest BCUT2D eigenvalue weighted by Crippen LogP contribution is -2.33. The number of hydrogen-bond acceptors (Lipinski definition) is 4. The zero-order valence-corrected chi connectivity index (χ0v) is 10.2. The first-order valence-electron chi connectivity index (χ1n) is 5.24. The van der Waals surface area contributed by atoms with Crippen molar-refractivity contribution in [3.05, 3.63) is 12.7 Å². The van der Waals surface area contributed by atoms with E-state index in [1.807, 2.05) is 6.08 Å². The van der Waals surface area contributed by atoms with Crippen molar-refractivity contribution in [1.82, 2.24) is 0 Å². The second-order valence-electron chi connectivity index (χ2n) is 3.34. The number of unbranched alkanes of at least 4 members (excludes halogenated alkanes) is 3. The van der Waals surface area contributed by atoms with Crippen LogP contribution in [0.4, 0.5) is 0 Å². The lowest BCUT2D eigenvalue weighted by Gasteiger charge is -2.08. The van der Waals surface area contributed by atoms with E-state index in [-0.39, 0.29) is 5.97 Å². The number of thioether (sulfide) groups is 1. The number of carbonyl (C=O) groups excluding carboxylic acids is 1. The molecule has 0 aliphatic carbocycles. The van der Waals surface area contributed by atoms with Crippen LogP contribution >= 0.6 is 11.8 Å². The zero-order chi connectivity index (χ0) is 11.5. The predicted octanol–water partition coefficient (Wildman–Crippen LogP) is 1.97. The second kappa shape index (κ2) is 10.1. The van der Waals surface area contributed by atoms with Crippen LogP contribution in [0.2, 0.25) is 0 Å². The van der Waals surface area contributed by atoms with Crippen LogP contribution in [0.15, 0.2) is 12.7 Å². The van der Waals surface area contributed by atoms with E-state index in [1.54, 1.807) is 11.8 Å². The van der Waals surface area contributed by atoms with Crippen LogP contribution < -0.4 is 5.73 Å². The van der Waals surface area contributed by atoms with Crippen LogP contribution in [0.5, 0.6) is 0 Å². The van der Waals surface area contributed by atoms with Gasteiger partial charge in [0.2, 0.25) is 0 Å². The summed E-state index contributed by atoms with van der Waals surface area (Å²) in [5, 5.41) is 0. The third-order valence-corrected chi connectivity index (χ3v) is 3.17. The third kappa shape index (κ3) is 8.51. The van der Waals surface area contributed by atoms with E-state index in [1.165, 1.54) is 26.4 Å². The summed E-state index contributed by atoms with van der Waals surface area (Å²) >= 11 is 1.71. The molecule has 0 aliphatic heterocycles. The molecule has 2 N–H and O–H groups in total. The Bertz CT molecular complexity index is 185. The molecule has 0 saturated carbocycles. The van der Waals surface area contributed by atoms with Gasteiger partial charge in [-0.2, -0.15) is 11.8 Å². The number of rotatable bonds is 9. The average Bonchev–Trinajstić information content (AvgIpc) is 2.26. The van der Waals surface area contributed by atoms with Crippen molar-refractivity contribution in [2.24, 2.45) is 5.73 Å². The molecule has 0 fully saturated rings. The summed E-state index contributed by atoms with van der Waals surface area (Å²) in [6.07, 6.45) is 6.62. The number of allylic oxidation sites excluding steroid dienone is 1. The Hall–Kier alpha value is -0.480. The van der Waals surface area contributed by atoms with Crippen molar-refractivity contribution in [1.29, 1.82) is 0 Å². The molecular weight excluding hydrogens is 210 g/mol. The Morgan fingerprint density at radius 1 is 1.53 bits per heavy atom. The fourth-order valence-electron chi connectivity index (χ4n) is 1.10. The van der Waals surface area contributed by atoms with Crippen LogP contribution in [-0.2, 0) is 9.53 Å². The number of esters is 1. The van der Waals surface area contributed by atoms with Gasteiger partial charge in [0.1, 0.15) is 6.04 Å². The van der Waals surface area contributed by atoms with Gasteiger partial charge in [-0.25, -0.2) is 0 Å². The smallest absolute Gasteiger partial charge is 0.323 e. The quantitative estimate of drug-likeness (QED) is 0.374. The van der Waals surface area contributed by atoms with Gasteiger partial charge in [-0.05, 0) is 25.0 Å². The van der Waals surface area contributed by atoms with Crippen molar-refractivity contribution in [2.75, 3.05) is 18.6 Å². The Balaban J connectivity index is 3.23. The molecule has 0 aromatic rings. The standard InChI is InChI=1S/C11H21NO2S/c1-3-4-5-6-7-8-15-9-10(12)11(13)14-2/h3,10H,1,4-9,12H2,2H3. The van der Waals surface area contributed by atoms with E-state index in [0.717, 1.165) is 12.2 Å². The lowest BCUT2D eigenvalue weighted by molar-refractivity contribution is -0.141. The summed E-state index contributed by atoms with van der Waals surface area (Å²) in [5.74, 6) is 1.38. The Morgan fingerprint density at radius 3 is 2.87 bits per heavy atom. The summed E-state index contributed by atoms with van der Waals surface area (Å²) < 4.78 is 4.53. The molecule has 0 aromatic heterocycles. The summed E-state index contributed by atoms with van der Waals surface area (Å²) in [5.41, 5.74) is 5.58. The third-order valence-electron chi connectivity index (χ3n) is 2.00. The zero-order valence-electron chi connectivity index (χ0n) is 9.41. The normalized spacial score (nSPS) is 12.1. The number of hydrogen-bond donors (Lipinski definition) is 1. The molecule has 0 amide bonds. The van der Waals surface area contributed by atoms with Crippen LogP contribution in [0.1, 0.15) is 25.7 Å². The Morgan fingerprint density at radius 2 is 2.27 bits per heavy atom. The SMILES string of the molecule is C=CCCCCCSCC(N)C(=O)OC. The highest BCUT2D eigenvalue weighted by Crippen LogP contribution is 2.09. The molecule has 1 unspecified atom stereocenters. The van der Waals surface area contributed by atoms with Gasteiger partial charge in [0.05, 0.1) is 7.11 Å². The van der Waals surface area contributed by atoms with Gasteiger partial charge in [0.25, 0.3) is 0 Å². The minimum absolute atomic E-state index is 0.325. The van der Waals surface area contributed by atoms with Gasteiger partial charge in [-0.1, -0.05) is 12.5 Å². The van der Waals surface area contributed by atoms with Gasteiger partial charge < -0.3 is 10.5 Å². The molecule has 88 valence electrons. The molecule has 1 atom stereocenters. The van der Waals surface area contributed by atoms with Crippen molar-refractivity contribution in [2.45, 2.75) is 31.7 Å². The van der Waals surface area contributed by atoms with Crippen molar-refractivity contribution < 1.29 is 9.53 Å². The minimum atomic E-state index is -0.479. The van der Waals surface area contributed by atoms with E-state index in [2.05, 4.69) is 11.3 Å². The minimum Gasteiger partial charge on any atom is -0.468 e. The average molecular weight is 231 g/mol. The molecule has 0 spiro atoms. The Labute approximate surface area is 96.4 Å². The first kappa shape index (κ1) is 14.5. The molecule has 0 aliphatic rings. The number of nitrogens with two attached hydrogens (primary N) is 1. The van der Waals surface area contributed by atoms with Crippen LogP contribution in [0.25, 0.3) is 0 Å². The van der Waals surface area contributed by atoms with Gasteiger partial charge in [-0.3, -0.25) is 4.79 Å². The first-order chi connectivity index (χ1) is 7.22. The summed E-state index contributed by atoms with van der Waals surface area (Å²) in [4.78, 5) is 10.9. The predicted molar refractivity (Wildman–Crippen MR) is 66.0 cm³/mol. The molecule has 3 nitrogen and oxygen atoms in total. The molecule has 0 heterocycles. The van der Waals surface area contributed by atoms with E-state index in [0.29, 0.717) is 5.75 Å². The molecular formula is C11H21NO2S. The molecule has 4 heteroatoms. The van der Waals surface area contributed by atoms with Gasteiger partial charge in [0.15, 0.2) is 0 Å². The molecule has 0 aromatic carbocycles. The number of ether oxygens (including phenoxy) is 1. The highest BCUT2D eigenvalue weighted by atomic mass is 32.2. The molecule has 15 heavy (non-hydrogen) atoms. The van der Waals surface area contributed by atoms with Crippen molar-refractivity contribution >= 4 is 17.7 Å². The Kier molecular flexibility index (Phi) is 9.73. The number of methoxy groups -OCH3 is 1. The highest BCUT2D eigenvalue weighted by molar-refractivity contribution is 7.99. The van der Waals surface area contributed by atoms with E-state index in [4.69, 9.17) is 5.73 Å². The maximum absolute atomic E-state index is 10.9. The topological polar surface area (TPSA) is 52.3 Å². The summed E-state index contributed by atoms with van der Waals surface area (Å²) in [6, 6.07) is -0.479. The second-order valence-corrected chi connectivity index (χ2v) is 4.49. The first-order valence-corrected chi connectivity index (χ1v) is 6.40. The van der Waals surface area contributed by atoms with Gasteiger partial charge in [-0.15, -0.1) is 6.58 Å². The summed E-state index contributed by atoms with van der Waals surface area (Å²) in [6.45, 7) is 3.67. The molecule has 0 saturated heterocycles.